The molecule has 7 unspecified atom stereocenters. The number of aliphatic hydroxyl groups excluding tert-OH is 5. The molecule has 7 atom stereocenters. The van der Waals surface area contributed by atoms with E-state index in [0.29, 0.717) is 6.42 Å². The van der Waals surface area contributed by atoms with Crippen LogP contribution in [0.5, 0.6) is 0 Å². The number of aliphatic hydroxyl groups is 5. The monoisotopic (exact) mass is 766 g/mol. The number of carbonyl (C=O) groups is 1. The third kappa shape index (κ3) is 26.3. The van der Waals surface area contributed by atoms with Gasteiger partial charge in [0, 0.05) is 6.42 Å². The highest BCUT2D eigenvalue weighted by Crippen LogP contribution is 2.22. The molecule has 1 fully saturated rings. The summed E-state index contributed by atoms with van der Waals surface area (Å²) in [4.78, 5) is 12.9. The fraction of sp³-hybridized carbons (Fsp3) is 0.844. The molecule has 0 spiro atoms. The Bertz CT molecular complexity index is 941. The molecule has 1 amide bonds. The third-order valence-electron chi connectivity index (χ3n) is 10.5. The van der Waals surface area contributed by atoms with Gasteiger partial charge >= 0.3 is 0 Å². The van der Waals surface area contributed by atoms with Crippen molar-refractivity contribution < 1.29 is 39.8 Å². The number of hydrogen-bond acceptors (Lipinski definition) is 8. The van der Waals surface area contributed by atoms with Crippen LogP contribution in [0.3, 0.4) is 0 Å². The maximum Gasteiger partial charge on any atom is 0.220 e. The molecule has 0 aromatic carbocycles. The third-order valence-corrected chi connectivity index (χ3v) is 10.5. The van der Waals surface area contributed by atoms with E-state index in [1.807, 2.05) is 6.08 Å². The summed E-state index contributed by atoms with van der Waals surface area (Å²) in [5.41, 5.74) is 0. The van der Waals surface area contributed by atoms with Crippen LogP contribution in [0, 0.1) is 0 Å². The molecule has 9 nitrogen and oxygen atoms in total. The van der Waals surface area contributed by atoms with Gasteiger partial charge in [0.2, 0.25) is 5.91 Å². The first-order valence-corrected chi connectivity index (χ1v) is 22.2. The maximum atomic E-state index is 12.9. The molecule has 6 N–H and O–H groups in total. The molecule has 0 bridgehead atoms. The van der Waals surface area contributed by atoms with Crippen molar-refractivity contribution in [1.82, 2.24) is 5.32 Å². The Morgan fingerprint density at radius 2 is 1.07 bits per heavy atom. The summed E-state index contributed by atoms with van der Waals surface area (Å²) in [6, 6.07) is -0.804. The number of unbranched alkanes of at least 4 members (excludes halogenated alkanes) is 23. The van der Waals surface area contributed by atoms with Crippen LogP contribution in [0.15, 0.2) is 36.5 Å². The van der Waals surface area contributed by atoms with Crippen LogP contribution in [0.1, 0.15) is 187 Å². The molecular formula is C45H83NO8. The van der Waals surface area contributed by atoms with Gasteiger partial charge in [-0.05, 0) is 44.9 Å². The lowest BCUT2D eigenvalue weighted by atomic mass is 9.99. The van der Waals surface area contributed by atoms with E-state index in [4.69, 9.17) is 9.47 Å². The normalized spacial score (nSPS) is 21.8. The molecule has 1 aliphatic heterocycles. The summed E-state index contributed by atoms with van der Waals surface area (Å²) in [7, 11) is 0. The van der Waals surface area contributed by atoms with Gasteiger partial charge in [-0.25, -0.2) is 0 Å². The molecule has 316 valence electrons. The molecule has 0 aliphatic carbocycles. The Kier molecular flexibility index (Phi) is 33.4. The van der Waals surface area contributed by atoms with E-state index >= 15 is 0 Å². The van der Waals surface area contributed by atoms with E-state index in [1.165, 1.54) is 122 Å². The van der Waals surface area contributed by atoms with Crippen molar-refractivity contribution in [3.63, 3.8) is 0 Å². The van der Waals surface area contributed by atoms with Crippen LogP contribution >= 0.6 is 0 Å². The van der Waals surface area contributed by atoms with Crippen molar-refractivity contribution in [3.8, 4) is 0 Å². The van der Waals surface area contributed by atoms with Crippen LogP contribution < -0.4 is 5.32 Å². The number of hydrogen-bond donors (Lipinski definition) is 6. The second-order valence-corrected chi connectivity index (χ2v) is 15.5. The van der Waals surface area contributed by atoms with E-state index in [0.717, 1.165) is 44.9 Å². The van der Waals surface area contributed by atoms with Crippen molar-refractivity contribution in [1.29, 1.82) is 0 Å². The second-order valence-electron chi connectivity index (χ2n) is 15.5. The molecule has 0 saturated carbocycles. The van der Waals surface area contributed by atoms with E-state index in [2.05, 4.69) is 43.5 Å². The van der Waals surface area contributed by atoms with Gasteiger partial charge in [0.25, 0.3) is 0 Å². The van der Waals surface area contributed by atoms with Crippen molar-refractivity contribution in [3.05, 3.63) is 36.5 Å². The molecule has 1 heterocycles. The number of rotatable bonds is 36. The molecule has 1 saturated heterocycles. The molecular weight excluding hydrogens is 682 g/mol. The number of nitrogens with one attached hydrogen (secondary N) is 1. The van der Waals surface area contributed by atoms with Gasteiger partial charge in [0.05, 0.1) is 25.4 Å². The first-order valence-electron chi connectivity index (χ1n) is 22.2. The topological polar surface area (TPSA) is 149 Å². The fourth-order valence-corrected chi connectivity index (χ4v) is 6.85. The minimum absolute atomic E-state index is 0.183. The van der Waals surface area contributed by atoms with Gasteiger partial charge in [-0.15, -0.1) is 0 Å². The number of carbonyl (C=O) groups excluding carboxylic acids is 1. The SMILES string of the molecule is CCCCC/C=C\C=C/CCCCCCCCCCCCC(=O)NC(COC1OC(CO)C(O)C(O)C1O)C(O)/C=C/CCCCCCCCCCCC. The molecule has 0 aromatic rings. The standard InChI is InChI=1S/C45H83NO8/c1-3-5-7-9-11-13-15-17-18-19-20-21-22-23-25-27-29-31-33-35-41(49)46-38(37-53-45-44(52)43(51)42(50)40(36-47)54-45)39(48)34-32-30-28-26-24-16-14-12-10-8-6-4-2/h11,13,15,17,32,34,38-40,42-45,47-48,50-52H,3-10,12,14,16,18-31,33,35-37H2,1-2H3,(H,46,49)/b13-11-,17-15-,34-32+. The molecule has 1 aliphatic rings. The molecule has 0 aromatic heterocycles. The lowest BCUT2D eigenvalue weighted by Crippen LogP contribution is -2.60. The summed E-state index contributed by atoms with van der Waals surface area (Å²) in [5.74, 6) is -0.183. The molecule has 54 heavy (non-hydrogen) atoms. The summed E-state index contributed by atoms with van der Waals surface area (Å²) < 4.78 is 11.2. The Hall–Kier alpha value is -1.59. The lowest BCUT2D eigenvalue weighted by molar-refractivity contribution is -0.302. The van der Waals surface area contributed by atoms with Gasteiger partial charge in [-0.2, -0.15) is 0 Å². The van der Waals surface area contributed by atoms with Crippen LogP contribution in [0.2, 0.25) is 0 Å². The van der Waals surface area contributed by atoms with Crippen molar-refractivity contribution in [2.45, 2.75) is 230 Å². The zero-order chi connectivity index (χ0) is 39.5. The highest BCUT2D eigenvalue weighted by Gasteiger charge is 2.44. The van der Waals surface area contributed by atoms with Crippen LogP contribution in [-0.2, 0) is 14.3 Å². The Balaban J connectivity index is 2.35. The minimum Gasteiger partial charge on any atom is -0.394 e. The van der Waals surface area contributed by atoms with Gasteiger partial charge < -0.3 is 40.3 Å². The molecule has 1 rings (SSSR count). The highest BCUT2D eigenvalue weighted by molar-refractivity contribution is 5.76. The van der Waals surface area contributed by atoms with E-state index < -0.39 is 49.5 Å². The average Bonchev–Trinajstić information content (AvgIpc) is 3.17. The second kappa shape index (κ2) is 35.8. The molecule has 0 radical (unpaired) electrons. The van der Waals surface area contributed by atoms with Crippen LogP contribution in [0.25, 0.3) is 0 Å². The smallest absolute Gasteiger partial charge is 0.220 e. The fourth-order valence-electron chi connectivity index (χ4n) is 6.85. The molecule has 9 heteroatoms. The lowest BCUT2D eigenvalue weighted by Gasteiger charge is -2.40. The Morgan fingerprint density at radius 1 is 0.630 bits per heavy atom. The van der Waals surface area contributed by atoms with Crippen molar-refractivity contribution in [2.24, 2.45) is 0 Å². The largest absolute Gasteiger partial charge is 0.394 e. The van der Waals surface area contributed by atoms with Gasteiger partial charge in [-0.3, -0.25) is 4.79 Å². The van der Waals surface area contributed by atoms with Crippen molar-refractivity contribution >= 4 is 5.91 Å². The van der Waals surface area contributed by atoms with E-state index in [-0.39, 0.29) is 12.5 Å². The van der Waals surface area contributed by atoms with Gasteiger partial charge in [-0.1, -0.05) is 172 Å². The van der Waals surface area contributed by atoms with E-state index in [9.17, 15) is 30.3 Å². The Morgan fingerprint density at radius 3 is 1.59 bits per heavy atom. The van der Waals surface area contributed by atoms with Crippen LogP contribution in [-0.4, -0.2) is 87.5 Å². The predicted octanol–water partition coefficient (Wildman–Crippen LogP) is 8.89. The van der Waals surface area contributed by atoms with Crippen LogP contribution in [0.4, 0.5) is 0 Å². The summed E-state index contributed by atoms with van der Waals surface area (Å²) in [5, 5.41) is 54.1. The predicted molar refractivity (Wildman–Crippen MR) is 221 cm³/mol. The quantitative estimate of drug-likeness (QED) is 0.0211. The average molecular weight is 766 g/mol. The summed E-state index contributed by atoms with van der Waals surface area (Å²) in [6.45, 7) is 3.72. The highest BCUT2D eigenvalue weighted by atomic mass is 16.7. The Labute approximate surface area is 330 Å². The minimum atomic E-state index is -1.56. The number of allylic oxidation sites excluding steroid dienone is 5. The van der Waals surface area contributed by atoms with Gasteiger partial charge in [0.1, 0.15) is 24.4 Å². The zero-order valence-electron chi connectivity index (χ0n) is 34.5. The van der Waals surface area contributed by atoms with E-state index in [1.54, 1.807) is 6.08 Å². The summed E-state index contributed by atoms with van der Waals surface area (Å²) in [6.07, 6.45) is 36.1. The summed E-state index contributed by atoms with van der Waals surface area (Å²) >= 11 is 0. The zero-order valence-corrected chi connectivity index (χ0v) is 34.5. The first kappa shape index (κ1) is 50.4. The van der Waals surface area contributed by atoms with Crippen molar-refractivity contribution in [2.75, 3.05) is 13.2 Å². The number of ether oxygens (including phenoxy) is 2. The number of amides is 1. The first-order chi connectivity index (χ1) is 26.3. The maximum absolute atomic E-state index is 12.9. The van der Waals surface area contributed by atoms with Gasteiger partial charge in [0.15, 0.2) is 6.29 Å².